The van der Waals surface area contributed by atoms with Crippen LogP contribution in [-0.2, 0) is 17.9 Å². The number of nitrogens with zero attached hydrogens (tertiary/aromatic N) is 1. The number of hydrogen-bond acceptors (Lipinski definition) is 3. The van der Waals surface area contributed by atoms with Gasteiger partial charge in [-0.15, -0.1) is 0 Å². The summed E-state index contributed by atoms with van der Waals surface area (Å²) in [4.78, 5) is 23.3. The lowest BCUT2D eigenvalue weighted by Gasteiger charge is -2.08. The first-order valence-corrected chi connectivity index (χ1v) is 6.74. The second-order valence-corrected chi connectivity index (χ2v) is 4.61. The third-order valence-electron chi connectivity index (χ3n) is 3.10. The SMILES string of the molecule is COc1cccc(CNC(=O)CCn2ccccc2=O)c1. The molecular formula is C16H18N2O3. The monoisotopic (exact) mass is 286 g/mol. The number of amides is 1. The molecule has 5 nitrogen and oxygen atoms in total. The summed E-state index contributed by atoms with van der Waals surface area (Å²) in [6.07, 6.45) is 1.95. The largest absolute Gasteiger partial charge is 0.497 e. The Labute approximate surface area is 123 Å². The van der Waals surface area contributed by atoms with Gasteiger partial charge in [0.05, 0.1) is 7.11 Å². The molecule has 1 heterocycles. The zero-order chi connectivity index (χ0) is 15.1. The Kier molecular flexibility index (Phi) is 5.15. The second-order valence-electron chi connectivity index (χ2n) is 4.61. The summed E-state index contributed by atoms with van der Waals surface area (Å²) in [6.45, 7) is 0.823. The maximum atomic E-state index is 11.8. The number of benzene rings is 1. The van der Waals surface area contributed by atoms with Gasteiger partial charge < -0.3 is 14.6 Å². The number of carbonyl (C=O) groups is 1. The molecule has 2 rings (SSSR count). The highest BCUT2D eigenvalue weighted by atomic mass is 16.5. The quantitative estimate of drug-likeness (QED) is 0.876. The summed E-state index contributed by atoms with van der Waals surface area (Å²) in [5.41, 5.74) is 0.873. The smallest absolute Gasteiger partial charge is 0.250 e. The van der Waals surface area contributed by atoms with E-state index in [9.17, 15) is 9.59 Å². The number of ether oxygens (including phenoxy) is 1. The Morgan fingerprint density at radius 2 is 2.10 bits per heavy atom. The van der Waals surface area contributed by atoms with Crippen molar-refractivity contribution in [3.8, 4) is 5.75 Å². The van der Waals surface area contributed by atoms with Gasteiger partial charge in [-0.1, -0.05) is 18.2 Å². The molecule has 0 saturated heterocycles. The van der Waals surface area contributed by atoms with Crippen molar-refractivity contribution in [3.63, 3.8) is 0 Å². The van der Waals surface area contributed by atoms with Crippen LogP contribution in [0.3, 0.4) is 0 Å². The van der Waals surface area contributed by atoms with Crippen LogP contribution in [-0.4, -0.2) is 17.6 Å². The molecule has 0 atom stereocenters. The molecule has 0 radical (unpaired) electrons. The maximum Gasteiger partial charge on any atom is 0.250 e. The fourth-order valence-electron chi connectivity index (χ4n) is 1.94. The zero-order valence-electron chi connectivity index (χ0n) is 11.9. The molecule has 0 spiro atoms. The van der Waals surface area contributed by atoms with Crippen molar-refractivity contribution < 1.29 is 9.53 Å². The first-order chi connectivity index (χ1) is 10.2. The van der Waals surface area contributed by atoms with E-state index in [1.54, 1.807) is 25.4 Å². The molecule has 0 aliphatic rings. The van der Waals surface area contributed by atoms with Gasteiger partial charge in [-0.05, 0) is 23.8 Å². The molecule has 1 aromatic heterocycles. The first kappa shape index (κ1) is 14.8. The summed E-state index contributed by atoms with van der Waals surface area (Å²) in [6, 6.07) is 12.5. The van der Waals surface area contributed by atoms with Crippen molar-refractivity contribution in [3.05, 3.63) is 64.6 Å². The number of hydrogen-bond donors (Lipinski definition) is 1. The normalized spacial score (nSPS) is 10.1. The number of rotatable bonds is 6. The molecule has 0 saturated carbocycles. The Morgan fingerprint density at radius 3 is 2.86 bits per heavy atom. The number of methoxy groups -OCH3 is 1. The molecule has 2 aromatic rings. The van der Waals surface area contributed by atoms with E-state index in [4.69, 9.17) is 4.74 Å². The lowest BCUT2D eigenvalue weighted by molar-refractivity contribution is -0.121. The summed E-state index contributed by atoms with van der Waals surface area (Å²) < 4.78 is 6.65. The van der Waals surface area contributed by atoms with Gasteiger partial charge >= 0.3 is 0 Å². The number of aromatic nitrogens is 1. The summed E-state index contributed by atoms with van der Waals surface area (Å²) >= 11 is 0. The summed E-state index contributed by atoms with van der Waals surface area (Å²) in [5.74, 6) is 0.672. The van der Waals surface area contributed by atoms with Crippen LogP contribution in [0.15, 0.2) is 53.5 Å². The van der Waals surface area contributed by atoms with Crippen LogP contribution < -0.4 is 15.6 Å². The van der Waals surface area contributed by atoms with Crippen molar-refractivity contribution >= 4 is 5.91 Å². The van der Waals surface area contributed by atoms with Gasteiger partial charge in [0.2, 0.25) is 5.91 Å². The third-order valence-corrected chi connectivity index (χ3v) is 3.10. The van der Waals surface area contributed by atoms with Crippen LogP contribution in [0.2, 0.25) is 0 Å². The summed E-state index contributed by atoms with van der Waals surface area (Å²) in [7, 11) is 1.61. The Hall–Kier alpha value is -2.56. The van der Waals surface area contributed by atoms with Crippen LogP contribution in [0, 0.1) is 0 Å². The fraction of sp³-hybridized carbons (Fsp3) is 0.250. The fourth-order valence-corrected chi connectivity index (χ4v) is 1.94. The molecule has 0 bridgehead atoms. The molecule has 1 N–H and O–H groups in total. The maximum absolute atomic E-state index is 11.8. The van der Waals surface area contributed by atoms with Crippen LogP contribution in [0.1, 0.15) is 12.0 Å². The average molecular weight is 286 g/mol. The van der Waals surface area contributed by atoms with Crippen molar-refractivity contribution in [1.29, 1.82) is 0 Å². The Morgan fingerprint density at radius 1 is 1.24 bits per heavy atom. The van der Waals surface area contributed by atoms with E-state index >= 15 is 0 Å². The average Bonchev–Trinajstić information content (AvgIpc) is 2.52. The van der Waals surface area contributed by atoms with Crippen molar-refractivity contribution in [1.82, 2.24) is 9.88 Å². The topological polar surface area (TPSA) is 60.3 Å². The standard InChI is InChI=1S/C16H18N2O3/c1-21-14-6-4-5-13(11-14)12-17-15(19)8-10-18-9-3-2-7-16(18)20/h2-7,9,11H,8,10,12H2,1H3,(H,17,19). The molecule has 1 aromatic carbocycles. The van der Waals surface area contributed by atoms with Gasteiger partial charge in [-0.2, -0.15) is 0 Å². The minimum absolute atomic E-state index is 0.0893. The predicted octanol–water partition coefficient (Wildman–Crippen LogP) is 1.56. The van der Waals surface area contributed by atoms with Crippen LogP contribution in [0.5, 0.6) is 5.75 Å². The van der Waals surface area contributed by atoms with Crippen molar-refractivity contribution in [2.24, 2.45) is 0 Å². The highest BCUT2D eigenvalue weighted by Crippen LogP contribution is 2.12. The molecular weight excluding hydrogens is 268 g/mol. The molecule has 110 valence electrons. The molecule has 5 heteroatoms. The molecule has 1 amide bonds. The van der Waals surface area contributed by atoms with E-state index in [1.165, 1.54) is 10.6 Å². The van der Waals surface area contributed by atoms with E-state index in [-0.39, 0.29) is 17.9 Å². The van der Waals surface area contributed by atoms with Crippen molar-refractivity contribution in [2.75, 3.05) is 7.11 Å². The van der Waals surface area contributed by atoms with Crippen LogP contribution >= 0.6 is 0 Å². The van der Waals surface area contributed by atoms with Crippen LogP contribution in [0.4, 0.5) is 0 Å². The van der Waals surface area contributed by atoms with Crippen molar-refractivity contribution in [2.45, 2.75) is 19.5 Å². The molecule has 0 aliphatic carbocycles. The number of pyridine rings is 1. The van der Waals surface area contributed by atoms with Gasteiger partial charge in [-0.25, -0.2) is 0 Å². The van der Waals surface area contributed by atoms with E-state index in [0.717, 1.165) is 11.3 Å². The summed E-state index contributed by atoms with van der Waals surface area (Å²) in [5, 5.41) is 2.83. The highest BCUT2D eigenvalue weighted by Gasteiger charge is 2.03. The zero-order valence-corrected chi connectivity index (χ0v) is 11.9. The van der Waals surface area contributed by atoms with Gasteiger partial charge in [0.25, 0.3) is 5.56 Å². The van der Waals surface area contributed by atoms with Gasteiger partial charge in [0, 0.05) is 31.8 Å². The molecule has 0 unspecified atom stereocenters. The Bertz CT molecular complexity index is 664. The highest BCUT2D eigenvalue weighted by molar-refractivity contribution is 5.75. The van der Waals surface area contributed by atoms with Gasteiger partial charge in [-0.3, -0.25) is 9.59 Å². The molecule has 0 fully saturated rings. The minimum Gasteiger partial charge on any atom is -0.497 e. The molecule has 0 aliphatic heterocycles. The van der Waals surface area contributed by atoms with Gasteiger partial charge in [0.1, 0.15) is 5.75 Å². The van der Waals surface area contributed by atoms with E-state index in [0.29, 0.717) is 13.1 Å². The first-order valence-electron chi connectivity index (χ1n) is 6.74. The predicted molar refractivity (Wildman–Crippen MR) is 80.2 cm³/mol. The van der Waals surface area contributed by atoms with E-state index in [2.05, 4.69) is 5.32 Å². The minimum atomic E-state index is -0.0990. The number of carbonyl (C=O) groups excluding carboxylic acids is 1. The van der Waals surface area contributed by atoms with Gasteiger partial charge in [0.15, 0.2) is 0 Å². The second kappa shape index (κ2) is 7.28. The molecule has 21 heavy (non-hydrogen) atoms. The van der Waals surface area contributed by atoms with E-state index < -0.39 is 0 Å². The number of aryl methyl sites for hydroxylation is 1. The van der Waals surface area contributed by atoms with Crippen LogP contribution in [0.25, 0.3) is 0 Å². The lowest BCUT2D eigenvalue weighted by Crippen LogP contribution is -2.26. The number of nitrogens with one attached hydrogen (secondary N) is 1. The lowest BCUT2D eigenvalue weighted by atomic mass is 10.2. The van der Waals surface area contributed by atoms with E-state index in [1.807, 2.05) is 24.3 Å². The Balaban J connectivity index is 1.82. The third kappa shape index (κ3) is 4.49.